The maximum atomic E-state index is 11.8. The Morgan fingerprint density at radius 3 is 2.95 bits per heavy atom. The van der Waals surface area contributed by atoms with E-state index < -0.39 is 0 Å². The van der Waals surface area contributed by atoms with Gasteiger partial charge in [0, 0.05) is 23.2 Å². The van der Waals surface area contributed by atoms with Gasteiger partial charge in [-0.2, -0.15) is 0 Å². The Hall–Kier alpha value is -1.91. The minimum absolute atomic E-state index is 0.116. The van der Waals surface area contributed by atoms with Gasteiger partial charge in [-0.05, 0) is 42.3 Å². The molecule has 0 aliphatic heterocycles. The van der Waals surface area contributed by atoms with Crippen LogP contribution >= 0.6 is 11.3 Å². The molecule has 3 nitrogen and oxygen atoms in total. The molecule has 2 aromatic rings. The van der Waals surface area contributed by atoms with Crippen molar-refractivity contribution in [1.82, 2.24) is 5.32 Å². The van der Waals surface area contributed by atoms with E-state index in [1.807, 2.05) is 54.9 Å². The first-order valence-electron chi connectivity index (χ1n) is 6.04. The van der Waals surface area contributed by atoms with Crippen molar-refractivity contribution in [3.05, 3.63) is 58.3 Å². The largest absolute Gasteiger partial charge is 0.323 e. The number of carbonyl (C=O) groups is 1. The summed E-state index contributed by atoms with van der Waals surface area (Å²) in [5.74, 6) is -0.116. The summed E-state index contributed by atoms with van der Waals surface area (Å²) in [6.07, 6.45) is 3.37. The molecule has 0 atom stereocenters. The van der Waals surface area contributed by atoms with Gasteiger partial charge in [0.2, 0.25) is 5.91 Å². The van der Waals surface area contributed by atoms with Crippen LogP contribution in [-0.4, -0.2) is 13.0 Å². The Kier molecular flexibility index (Phi) is 4.89. The SMILES string of the molecule is CNCc1cccc(NC(=O)/C=C/c2cccs2)c1. The van der Waals surface area contributed by atoms with Gasteiger partial charge in [-0.3, -0.25) is 4.79 Å². The molecule has 0 radical (unpaired) electrons. The summed E-state index contributed by atoms with van der Waals surface area (Å²) in [5, 5.41) is 7.92. The number of anilines is 1. The van der Waals surface area contributed by atoms with E-state index in [2.05, 4.69) is 10.6 Å². The molecule has 1 aromatic carbocycles. The van der Waals surface area contributed by atoms with E-state index in [0.717, 1.165) is 22.7 Å². The highest BCUT2D eigenvalue weighted by Crippen LogP contribution is 2.12. The molecule has 0 saturated heterocycles. The smallest absolute Gasteiger partial charge is 0.248 e. The number of carbonyl (C=O) groups excluding carboxylic acids is 1. The maximum absolute atomic E-state index is 11.8. The lowest BCUT2D eigenvalue weighted by Crippen LogP contribution is -2.09. The normalized spacial score (nSPS) is 10.8. The van der Waals surface area contributed by atoms with Crippen molar-refractivity contribution in [2.45, 2.75) is 6.54 Å². The fraction of sp³-hybridized carbons (Fsp3) is 0.133. The van der Waals surface area contributed by atoms with Crippen molar-refractivity contribution in [1.29, 1.82) is 0 Å². The summed E-state index contributed by atoms with van der Waals surface area (Å²) in [6, 6.07) is 11.7. The van der Waals surface area contributed by atoms with Gasteiger partial charge in [0.15, 0.2) is 0 Å². The van der Waals surface area contributed by atoms with Crippen molar-refractivity contribution >= 4 is 29.0 Å². The second kappa shape index (κ2) is 6.87. The number of rotatable bonds is 5. The highest BCUT2D eigenvalue weighted by Gasteiger charge is 1.99. The van der Waals surface area contributed by atoms with E-state index in [1.165, 1.54) is 0 Å². The van der Waals surface area contributed by atoms with Gasteiger partial charge in [0.25, 0.3) is 0 Å². The lowest BCUT2D eigenvalue weighted by Gasteiger charge is -2.05. The van der Waals surface area contributed by atoms with E-state index in [1.54, 1.807) is 17.4 Å². The van der Waals surface area contributed by atoms with Crippen molar-refractivity contribution < 1.29 is 4.79 Å². The van der Waals surface area contributed by atoms with Crippen molar-refractivity contribution in [3.8, 4) is 0 Å². The van der Waals surface area contributed by atoms with E-state index >= 15 is 0 Å². The summed E-state index contributed by atoms with van der Waals surface area (Å²) < 4.78 is 0. The van der Waals surface area contributed by atoms with Gasteiger partial charge in [-0.15, -0.1) is 11.3 Å². The zero-order valence-corrected chi connectivity index (χ0v) is 11.5. The summed E-state index contributed by atoms with van der Waals surface area (Å²) in [7, 11) is 1.90. The fourth-order valence-electron chi connectivity index (χ4n) is 1.69. The molecule has 0 spiro atoms. The zero-order valence-electron chi connectivity index (χ0n) is 10.7. The molecule has 0 fully saturated rings. The Morgan fingerprint density at radius 2 is 2.21 bits per heavy atom. The fourth-order valence-corrected chi connectivity index (χ4v) is 2.31. The van der Waals surface area contributed by atoms with Crippen LogP contribution in [0.4, 0.5) is 5.69 Å². The molecule has 4 heteroatoms. The zero-order chi connectivity index (χ0) is 13.5. The number of amides is 1. The number of hydrogen-bond acceptors (Lipinski definition) is 3. The highest BCUT2D eigenvalue weighted by atomic mass is 32.1. The molecule has 1 amide bonds. The summed E-state index contributed by atoms with van der Waals surface area (Å²) >= 11 is 1.61. The van der Waals surface area contributed by atoms with Crippen LogP contribution in [0.3, 0.4) is 0 Å². The van der Waals surface area contributed by atoms with E-state index in [0.29, 0.717) is 0 Å². The van der Waals surface area contributed by atoms with Crippen molar-refractivity contribution in [2.75, 3.05) is 12.4 Å². The predicted octanol–water partition coefficient (Wildman–Crippen LogP) is 3.12. The first-order valence-corrected chi connectivity index (χ1v) is 6.92. The first kappa shape index (κ1) is 13.5. The Morgan fingerprint density at radius 1 is 1.32 bits per heavy atom. The molecule has 2 N–H and O–H groups in total. The summed E-state index contributed by atoms with van der Waals surface area (Å²) in [4.78, 5) is 12.8. The van der Waals surface area contributed by atoms with Gasteiger partial charge in [0.05, 0.1) is 0 Å². The van der Waals surface area contributed by atoms with E-state index in [-0.39, 0.29) is 5.91 Å². The third-order valence-electron chi connectivity index (χ3n) is 2.52. The molecule has 1 heterocycles. The minimum atomic E-state index is -0.116. The van der Waals surface area contributed by atoms with Gasteiger partial charge in [0.1, 0.15) is 0 Å². The molecule has 0 unspecified atom stereocenters. The minimum Gasteiger partial charge on any atom is -0.323 e. The average molecular weight is 272 g/mol. The number of nitrogens with one attached hydrogen (secondary N) is 2. The van der Waals surface area contributed by atoms with Crippen LogP contribution in [0.1, 0.15) is 10.4 Å². The van der Waals surface area contributed by atoms with Crippen LogP contribution in [0.2, 0.25) is 0 Å². The van der Waals surface area contributed by atoms with Crippen LogP contribution in [0.15, 0.2) is 47.9 Å². The number of benzene rings is 1. The number of thiophene rings is 1. The van der Waals surface area contributed by atoms with Gasteiger partial charge in [-0.25, -0.2) is 0 Å². The third-order valence-corrected chi connectivity index (χ3v) is 3.36. The molecule has 19 heavy (non-hydrogen) atoms. The van der Waals surface area contributed by atoms with Crippen LogP contribution in [0, 0.1) is 0 Å². The standard InChI is InChI=1S/C15H16N2OS/c1-16-11-12-4-2-5-13(10-12)17-15(18)8-7-14-6-3-9-19-14/h2-10,16H,11H2,1H3,(H,17,18)/b8-7+. The molecule has 0 saturated carbocycles. The lowest BCUT2D eigenvalue weighted by atomic mass is 10.2. The third kappa shape index (κ3) is 4.35. The van der Waals surface area contributed by atoms with E-state index in [4.69, 9.17) is 0 Å². The molecule has 0 bridgehead atoms. The lowest BCUT2D eigenvalue weighted by molar-refractivity contribution is -0.111. The molecular weight excluding hydrogens is 256 g/mol. The molecule has 98 valence electrons. The van der Waals surface area contributed by atoms with Crippen LogP contribution in [0.5, 0.6) is 0 Å². The second-order valence-electron chi connectivity index (χ2n) is 4.07. The Balaban J connectivity index is 1.96. The molecule has 0 aliphatic rings. The monoisotopic (exact) mass is 272 g/mol. The second-order valence-corrected chi connectivity index (χ2v) is 5.05. The maximum Gasteiger partial charge on any atom is 0.248 e. The quantitative estimate of drug-likeness (QED) is 0.821. The van der Waals surface area contributed by atoms with Crippen LogP contribution in [0.25, 0.3) is 6.08 Å². The van der Waals surface area contributed by atoms with Crippen LogP contribution in [-0.2, 0) is 11.3 Å². The van der Waals surface area contributed by atoms with Crippen molar-refractivity contribution in [3.63, 3.8) is 0 Å². The predicted molar refractivity (Wildman–Crippen MR) is 81.2 cm³/mol. The van der Waals surface area contributed by atoms with Gasteiger partial charge >= 0.3 is 0 Å². The Bertz CT molecular complexity index is 561. The Labute approximate surface area is 117 Å². The topological polar surface area (TPSA) is 41.1 Å². The average Bonchev–Trinajstić information content (AvgIpc) is 2.90. The summed E-state index contributed by atoms with van der Waals surface area (Å²) in [5.41, 5.74) is 1.95. The van der Waals surface area contributed by atoms with Gasteiger partial charge < -0.3 is 10.6 Å². The molecule has 0 aliphatic carbocycles. The molecular formula is C15H16N2OS. The van der Waals surface area contributed by atoms with Crippen LogP contribution < -0.4 is 10.6 Å². The summed E-state index contributed by atoms with van der Waals surface area (Å²) in [6.45, 7) is 0.786. The first-order chi connectivity index (χ1) is 9.28. The molecule has 2 rings (SSSR count). The van der Waals surface area contributed by atoms with Gasteiger partial charge in [-0.1, -0.05) is 18.2 Å². The molecule has 1 aromatic heterocycles. The number of hydrogen-bond donors (Lipinski definition) is 2. The highest BCUT2D eigenvalue weighted by molar-refractivity contribution is 7.10. The van der Waals surface area contributed by atoms with E-state index in [9.17, 15) is 4.79 Å². The van der Waals surface area contributed by atoms with Crippen molar-refractivity contribution in [2.24, 2.45) is 0 Å².